The van der Waals surface area contributed by atoms with Crippen molar-refractivity contribution >= 4 is 0 Å². The van der Waals surface area contributed by atoms with Gasteiger partial charge in [0.2, 0.25) is 0 Å². The Hall–Kier alpha value is -1.06. The van der Waals surface area contributed by atoms with Gasteiger partial charge in [-0.25, -0.2) is 0 Å². The van der Waals surface area contributed by atoms with Crippen LogP contribution in [0.1, 0.15) is 32.1 Å². The molecule has 3 heteroatoms. The van der Waals surface area contributed by atoms with Crippen molar-refractivity contribution in [3.63, 3.8) is 0 Å². The molecule has 0 spiro atoms. The molecule has 0 aliphatic carbocycles. The van der Waals surface area contributed by atoms with Crippen molar-refractivity contribution in [1.29, 1.82) is 0 Å². The molecule has 1 aromatic rings. The number of rotatable bonds is 10. The topological polar surface area (TPSA) is 27.7 Å². The molecular weight excluding hydrogens is 228 g/mol. The molecule has 0 saturated carbocycles. The van der Waals surface area contributed by atoms with Gasteiger partial charge in [0.05, 0.1) is 6.61 Å². The summed E-state index contributed by atoms with van der Waals surface area (Å²) in [5.74, 6) is 0.955. The monoisotopic (exact) mass is 252 g/mol. The molecule has 3 nitrogen and oxygen atoms in total. The molecule has 1 aromatic carbocycles. The van der Waals surface area contributed by atoms with Gasteiger partial charge in [-0.15, -0.1) is 0 Å². The van der Waals surface area contributed by atoms with E-state index in [0.29, 0.717) is 0 Å². The minimum atomic E-state index is -0.0504. The standard InChI is InChI=1S/C15H24O3/c1-16-15(17-2)12-8-3-4-9-13-18-14-10-6-5-7-11-14/h5-7,10-11,15H,3-4,8-9,12-13H2,1-2H3. The van der Waals surface area contributed by atoms with Crippen molar-refractivity contribution in [2.75, 3.05) is 20.8 Å². The first-order chi connectivity index (χ1) is 8.86. The van der Waals surface area contributed by atoms with Crippen molar-refractivity contribution in [1.82, 2.24) is 0 Å². The summed E-state index contributed by atoms with van der Waals surface area (Å²) >= 11 is 0. The van der Waals surface area contributed by atoms with Crippen LogP contribution in [0.15, 0.2) is 30.3 Å². The van der Waals surface area contributed by atoms with Gasteiger partial charge < -0.3 is 14.2 Å². The zero-order valence-electron chi connectivity index (χ0n) is 11.4. The lowest BCUT2D eigenvalue weighted by molar-refractivity contribution is -0.107. The maximum Gasteiger partial charge on any atom is 0.156 e. The number of benzene rings is 1. The van der Waals surface area contributed by atoms with Crippen molar-refractivity contribution in [2.45, 2.75) is 38.4 Å². The van der Waals surface area contributed by atoms with Crippen LogP contribution in [0.25, 0.3) is 0 Å². The average Bonchev–Trinajstić information content (AvgIpc) is 2.43. The highest BCUT2D eigenvalue weighted by Gasteiger charge is 2.03. The number of hydrogen-bond acceptors (Lipinski definition) is 3. The first-order valence-corrected chi connectivity index (χ1v) is 6.60. The zero-order chi connectivity index (χ0) is 13.1. The van der Waals surface area contributed by atoms with Crippen molar-refractivity contribution in [2.24, 2.45) is 0 Å². The minimum absolute atomic E-state index is 0.0504. The van der Waals surface area contributed by atoms with Crippen LogP contribution in [0.3, 0.4) is 0 Å². The highest BCUT2D eigenvalue weighted by molar-refractivity contribution is 5.20. The zero-order valence-corrected chi connectivity index (χ0v) is 11.4. The molecule has 18 heavy (non-hydrogen) atoms. The fourth-order valence-electron chi connectivity index (χ4n) is 1.81. The number of methoxy groups -OCH3 is 2. The van der Waals surface area contributed by atoms with E-state index in [-0.39, 0.29) is 6.29 Å². The molecule has 0 heterocycles. The van der Waals surface area contributed by atoms with Crippen LogP contribution in [-0.4, -0.2) is 27.1 Å². The Morgan fingerprint density at radius 3 is 2.22 bits per heavy atom. The number of ether oxygens (including phenoxy) is 3. The quantitative estimate of drug-likeness (QED) is 0.470. The first kappa shape index (κ1) is 15.0. The van der Waals surface area contributed by atoms with Crippen LogP contribution in [-0.2, 0) is 9.47 Å². The van der Waals surface area contributed by atoms with E-state index >= 15 is 0 Å². The molecule has 0 aromatic heterocycles. The first-order valence-electron chi connectivity index (χ1n) is 6.60. The number of para-hydroxylation sites is 1. The third kappa shape index (κ3) is 6.62. The molecule has 0 radical (unpaired) electrons. The molecule has 0 fully saturated rings. The van der Waals surface area contributed by atoms with E-state index in [4.69, 9.17) is 14.2 Å². The molecule has 1 rings (SSSR count). The fraction of sp³-hybridized carbons (Fsp3) is 0.600. The van der Waals surface area contributed by atoms with Crippen molar-refractivity contribution < 1.29 is 14.2 Å². The van der Waals surface area contributed by atoms with Crippen LogP contribution in [0.4, 0.5) is 0 Å². The summed E-state index contributed by atoms with van der Waals surface area (Å²) in [5, 5.41) is 0. The van der Waals surface area contributed by atoms with Gasteiger partial charge in [-0.2, -0.15) is 0 Å². The largest absolute Gasteiger partial charge is 0.494 e. The average molecular weight is 252 g/mol. The predicted octanol–water partition coefficient (Wildman–Crippen LogP) is 3.63. The molecule has 0 aliphatic heterocycles. The van der Waals surface area contributed by atoms with Gasteiger partial charge in [-0.3, -0.25) is 0 Å². The molecule has 102 valence electrons. The third-order valence-corrected chi connectivity index (χ3v) is 2.87. The van der Waals surface area contributed by atoms with Gasteiger partial charge in [0.1, 0.15) is 5.75 Å². The molecule has 0 bridgehead atoms. The fourth-order valence-corrected chi connectivity index (χ4v) is 1.81. The van der Waals surface area contributed by atoms with Crippen molar-refractivity contribution in [3.05, 3.63) is 30.3 Å². The highest BCUT2D eigenvalue weighted by atomic mass is 16.7. The SMILES string of the molecule is COC(CCCCCCOc1ccccc1)OC. The van der Waals surface area contributed by atoms with Gasteiger partial charge in [0, 0.05) is 14.2 Å². The lowest BCUT2D eigenvalue weighted by Gasteiger charge is -2.12. The summed E-state index contributed by atoms with van der Waals surface area (Å²) in [5.41, 5.74) is 0. The van der Waals surface area contributed by atoms with Gasteiger partial charge in [-0.05, 0) is 31.4 Å². The van der Waals surface area contributed by atoms with Crippen LogP contribution in [0, 0.1) is 0 Å². The second-order valence-corrected chi connectivity index (χ2v) is 4.27. The van der Waals surface area contributed by atoms with Gasteiger partial charge in [0.15, 0.2) is 6.29 Å². The van der Waals surface area contributed by atoms with Gasteiger partial charge in [-0.1, -0.05) is 31.0 Å². The predicted molar refractivity (Wildman–Crippen MR) is 72.8 cm³/mol. The van der Waals surface area contributed by atoms with Crippen molar-refractivity contribution in [3.8, 4) is 5.75 Å². The summed E-state index contributed by atoms with van der Waals surface area (Å²) in [7, 11) is 3.36. The second-order valence-electron chi connectivity index (χ2n) is 4.27. The summed E-state index contributed by atoms with van der Waals surface area (Å²) in [6.45, 7) is 0.794. The van der Waals surface area contributed by atoms with Crippen LogP contribution < -0.4 is 4.74 Å². The van der Waals surface area contributed by atoms with Crippen LogP contribution >= 0.6 is 0 Å². The maximum absolute atomic E-state index is 5.63. The number of hydrogen-bond donors (Lipinski definition) is 0. The summed E-state index contributed by atoms with van der Waals surface area (Å²) in [6, 6.07) is 9.95. The van der Waals surface area contributed by atoms with E-state index in [1.54, 1.807) is 14.2 Å². The smallest absolute Gasteiger partial charge is 0.156 e. The van der Waals surface area contributed by atoms with E-state index in [9.17, 15) is 0 Å². The molecular formula is C15H24O3. The Balaban J connectivity index is 1.93. The molecule has 0 aliphatic rings. The normalized spacial score (nSPS) is 10.8. The van der Waals surface area contributed by atoms with E-state index in [0.717, 1.165) is 31.6 Å². The Kier molecular flexibility index (Phi) is 8.26. The molecule has 0 unspecified atom stereocenters. The molecule has 0 saturated heterocycles. The van der Waals surface area contributed by atoms with Gasteiger partial charge >= 0.3 is 0 Å². The molecule has 0 atom stereocenters. The lowest BCUT2D eigenvalue weighted by Crippen LogP contribution is -2.12. The van der Waals surface area contributed by atoms with Crippen LogP contribution in [0.5, 0.6) is 5.75 Å². The molecule has 0 amide bonds. The van der Waals surface area contributed by atoms with E-state index in [1.807, 2.05) is 30.3 Å². The second kappa shape index (κ2) is 9.92. The summed E-state index contributed by atoms with van der Waals surface area (Å²) in [6.07, 6.45) is 5.53. The Bertz CT molecular complexity index is 283. The van der Waals surface area contributed by atoms with E-state index < -0.39 is 0 Å². The lowest BCUT2D eigenvalue weighted by atomic mass is 10.1. The van der Waals surface area contributed by atoms with Gasteiger partial charge in [0.25, 0.3) is 0 Å². The maximum atomic E-state index is 5.63. The Morgan fingerprint density at radius 1 is 0.889 bits per heavy atom. The number of unbranched alkanes of at least 4 members (excludes halogenated alkanes) is 3. The third-order valence-electron chi connectivity index (χ3n) is 2.87. The Labute approximate surface area is 110 Å². The van der Waals surface area contributed by atoms with E-state index in [2.05, 4.69) is 0 Å². The van der Waals surface area contributed by atoms with E-state index in [1.165, 1.54) is 12.8 Å². The van der Waals surface area contributed by atoms with Crippen LogP contribution in [0.2, 0.25) is 0 Å². The summed E-state index contributed by atoms with van der Waals surface area (Å²) < 4.78 is 15.9. The Morgan fingerprint density at radius 2 is 1.56 bits per heavy atom. The summed E-state index contributed by atoms with van der Waals surface area (Å²) in [4.78, 5) is 0. The molecule has 0 N–H and O–H groups in total. The minimum Gasteiger partial charge on any atom is -0.494 e. The highest BCUT2D eigenvalue weighted by Crippen LogP contribution is 2.11.